The second kappa shape index (κ2) is 2.73. The molecule has 1 N–H and O–H groups in total. The number of hydrogen-bond acceptors (Lipinski definition) is 3. The van der Waals surface area contributed by atoms with Gasteiger partial charge in [0, 0.05) is 18.1 Å². The van der Waals surface area contributed by atoms with E-state index < -0.39 is 0 Å². The summed E-state index contributed by atoms with van der Waals surface area (Å²) >= 11 is 0. The molecule has 0 bridgehead atoms. The third-order valence-electron chi connectivity index (χ3n) is 1.50. The molecule has 0 aliphatic heterocycles. The standard InChI is InChI=1S/C8H8N4/c1-6-5-7(12-11-6)8-9-3-2-4-10-8/h2-5H,1H3,(H,11,12). The van der Waals surface area contributed by atoms with Crippen molar-refractivity contribution in [3.8, 4) is 11.5 Å². The van der Waals surface area contributed by atoms with E-state index in [0.717, 1.165) is 11.4 Å². The van der Waals surface area contributed by atoms with Crippen LogP contribution < -0.4 is 0 Å². The number of nitrogens with zero attached hydrogens (tertiary/aromatic N) is 3. The maximum absolute atomic E-state index is 4.07. The zero-order chi connectivity index (χ0) is 8.39. The first-order chi connectivity index (χ1) is 5.86. The van der Waals surface area contributed by atoms with Crippen molar-refractivity contribution in [2.24, 2.45) is 0 Å². The third kappa shape index (κ3) is 1.18. The lowest BCUT2D eigenvalue weighted by molar-refractivity contribution is 1.03. The van der Waals surface area contributed by atoms with Crippen LogP contribution in [0.4, 0.5) is 0 Å². The number of H-pyrrole nitrogens is 1. The summed E-state index contributed by atoms with van der Waals surface area (Å²) < 4.78 is 0. The Labute approximate surface area is 69.7 Å². The molecule has 0 fully saturated rings. The van der Waals surface area contributed by atoms with Crippen LogP contribution in [0, 0.1) is 6.92 Å². The summed E-state index contributed by atoms with van der Waals surface area (Å²) in [4.78, 5) is 8.14. The van der Waals surface area contributed by atoms with E-state index in [1.54, 1.807) is 18.5 Å². The van der Waals surface area contributed by atoms with Gasteiger partial charge >= 0.3 is 0 Å². The topological polar surface area (TPSA) is 54.5 Å². The number of aryl methyl sites for hydroxylation is 1. The Morgan fingerprint density at radius 3 is 2.58 bits per heavy atom. The summed E-state index contributed by atoms with van der Waals surface area (Å²) in [6.07, 6.45) is 3.40. The fourth-order valence-electron chi connectivity index (χ4n) is 0.964. The Hall–Kier alpha value is -1.71. The number of aromatic amines is 1. The lowest BCUT2D eigenvalue weighted by Crippen LogP contribution is -1.85. The average Bonchev–Trinajstić information content (AvgIpc) is 2.54. The fourth-order valence-corrected chi connectivity index (χ4v) is 0.964. The predicted octanol–water partition coefficient (Wildman–Crippen LogP) is 1.18. The number of hydrogen-bond donors (Lipinski definition) is 1. The van der Waals surface area contributed by atoms with Crippen LogP contribution in [0.3, 0.4) is 0 Å². The SMILES string of the molecule is Cc1cc(-c2ncccn2)n[nH]1. The quantitative estimate of drug-likeness (QED) is 0.681. The van der Waals surface area contributed by atoms with Gasteiger partial charge in [0.25, 0.3) is 0 Å². The molecule has 0 atom stereocenters. The molecule has 0 unspecified atom stereocenters. The Balaban J connectivity index is 2.45. The average molecular weight is 160 g/mol. The van der Waals surface area contributed by atoms with E-state index in [1.807, 2.05) is 13.0 Å². The molecule has 2 heterocycles. The highest BCUT2D eigenvalue weighted by atomic mass is 15.1. The van der Waals surface area contributed by atoms with Crippen LogP contribution in [0.5, 0.6) is 0 Å². The second-order valence-electron chi connectivity index (χ2n) is 2.51. The minimum atomic E-state index is 0.654. The monoisotopic (exact) mass is 160 g/mol. The molecule has 2 aromatic rings. The van der Waals surface area contributed by atoms with Crippen LogP contribution in [-0.4, -0.2) is 20.2 Å². The molecule has 2 aromatic heterocycles. The van der Waals surface area contributed by atoms with Crippen molar-refractivity contribution in [1.82, 2.24) is 20.2 Å². The van der Waals surface area contributed by atoms with E-state index in [0.29, 0.717) is 5.82 Å². The van der Waals surface area contributed by atoms with Gasteiger partial charge in [-0.1, -0.05) is 0 Å². The molecule has 0 spiro atoms. The highest BCUT2D eigenvalue weighted by Crippen LogP contribution is 2.09. The Kier molecular flexibility index (Phi) is 1.59. The van der Waals surface area contributed by atoms with Crippen LogP contribution in [0.2, 0.25) is 0 Å². The van der Waals surface area contributed by atoms with Crippen molar-refractivity contribution in [3.05, 3.63) is 30.2 Å². The van der Waals surface area contributed by atoms with Crippen molar-refractivity contribution in [2.45, 2.75) is 6.92 Å². The van der Waals surface area contributed by atoms with Crippen molar-refractivity contribution < 1.29 is 0 Å². The molecule has 0 aliphatic carbocycles. The normalized spacial score (nSPS) is 10.1. The molecule has 0 amide bonds. The summed E-state index contributed by atoms with van der Waals surface area (Å²) in [6.45, 7) is 1.94. The summed E-state index contributed by atoms with van der Waals surface area (Å²) in [5, 5.41) is 6.87. The van der Waals surface area contributed by atoms with Crippen LogP contribution in [0.15, 0.2) is 24.5 Å². The van der Waals surface area contributed by atoms with Gasteiger partial charge in [0.05, 0.1) is 0 Å². The van der Waals surface area contributed by atoms with Gasteiger partial charge in [0.2, 0.25) is 0 Å². The van der Waals surface area contributed by atoms with Gasteiger partial charge in [-0.25, -0.2) is 9.97 Å². The van der Waals surface area contributed by atoms with Crippen molar-refractivity contribution in [1.29, 1.82) is 0 Å². The lowest BCUT2D eigenvalue weighted by Gasteiger charge is -1.89. The third-order valence-corrected chi connectivity index (χ3v) is 1.50. The van der Waals surface area contributed by atoms with Crippen molar-refractivity contribution in [2.75, 3.05) is 0 Å². The lowest BCUT2D eigenvalue weighted by atomic mass is 10.3. The summed E-state index contributed by atoms with van der Waals surface area (Å²) in [5.74, 6) is 0.654. The van der Waals surface area contributed by atoms with E-state index in [-0.39, 0.29) is 0 Å². The zero-order valence-corrected chi connectivity index (χ0v) is 6.65. The van der Waals surface area contributed by atoms with Crippen LogP contribution >= 0.6 is 0 Å². The Bertz CT molecular complexity index is 366. The first kappa shape index (κ1) is 6.97. The molecule has 60 valence electrons. The van der Waals surface area contributed by atoms with E-state index in [1.165, 1.54) is 0 Å². The first-order valence-corrected chi connectivity index (χ1v) is 3.65. The fraction of sp³-hybridized carbons (Fsp3) is 0.125. The molecule has 0 aliphatic rings. The van der Waals surface area contributed by atoms with E-state index >= 15 is 0 Å². The minimum absolute atomic E-state index is 0.654. The summed E-state index contributed by atoms with van der Waals surface area (Å²) in [6, 6.07) is 3.69. The van der Waals surface area contributed by atoms with Gasteiger partial charge in [-0.15, -0.1) is 0 Å². The molecule has 4 nitrogen and oxygen atoms in total. The van der Waals surface area contributed by atoms with Crippen LogP contribution in [0.25, 0.3) is 11.5 Å². The smallest absolute Gasteiger partial charge is 0.179 e. The van der Waals surface area contributed by atoms with Crippen LogP contribution in [-0.2, 0) is 0 Å². The number of aromatic nitrogens is 4. The van der Waals surface area contributed by atoms with Gasteiger partial charge in [-0.3, -0.25) is 5.10 Å². The van der Waals surface area contributed by atoms with E-state index in [4.69, 9.17) is 0 Å². The van der Waals surface area contributed by atoms with Crippen molar-refractivity contribution >= 4 is 0 Å². The first-order valence-electron chi connectivity index (χ1n) is 3.65. The summed E-state index contributed by atoms with van der Waals surface area (Å²) in [5.41, 5.74) is 1.80. The molecular weight excluding hydrogens is 152 g/mol. The second-order valence-corrected chi connectivity index (χ2v) is 2.51. The van der Waals surface area contributed by atoms with Gasteiger partial charge < -0.3 is 0 Å². The molecule has 0 saturated heterocycles. The molecule has 0 saturated carbocycles. The number of nitrogens with one attached hydrogen (secondary N) is 1. The summed E-state index contributed by atoms with van der Waals surface area (Å²) in [7, 11) is 0. The Morgan fingerprint density at radius 1 is 1.25 bits per heavy atom. The molecule has 0 radical (unpaired) electrons. The van der Waals surface area contributed by atoms with Gasteiger partial charge in [0.15, 0.2) is 5.82 Å². The molecule has 12 heavy (non-hydrogen) atoms. The predicted molar refractivity (Wildman–Crippen MR) is 44.4 cm³/mol. The van der Waals surface area contributed by atoms with Gasteiger partial charge in [-0.2, -0.15) is 5.10 Å². The highest BCUT2D eigenvalue weighted by molar-refractivity contribution is 5.48. The van der Waals surface area contributed by atoms with Gasteiger partial charge in [0.1, 0.15) is 5.69 Å². The van der Waals surface area contributed by atoms with Gasteiger partial charge in [-0.05, 0) is 19.1 Å². The molecule has 0 aromatic carbocycles. The largest absolute Gasteiger partial charge is 0.282 e. The minimum Gasteiger partial charge on any atom is -0.282 e. The van der Waals surface area contributed by atoms with E-state index in [9.17, 15) is 0 Å². The highest BCUT2D eigenvalue weighted by Gasteiger charge is 2.01. The maximum atomic E-state index is 4.07. The molecule has 2 rings (SSSR count). The van der Waals surface area contributed by atoms with Crippen LogP contribution in [0.1, 0.15) is 5.69 Å². The maximum Gasteiger partial charge on any atom is 0.179 e. The van der Waals surface area contributed by atoms with Crippen molar-refractivity contribution in [3.63, 3.8) is 0 Å². The Morgan fingerprint density at radius 2 is 2.00 bits per heavy atom. The van der Waals surface area contributed by atoms with E-state index in [2.05, 4.69) is 20.2 Å². The molecular formula is C8H8N4. The molecule has 4 heteroatoms. The zero-order valence-electron chi connectivity index (χ0n) is 6.65. The number of rotatable bonds is 1.